The van der Waals surface area contributed by atoms with E-state index in [2.05, 4.69) is 0 Å². The van der Waals surface area contributed by atoms with Crippen molar-refractivity contribution in [3.05, 3.63) is 51.9 Å². The lowest BCUT2D eigenvalue weighted by Crippen LogP contribution is -3.13. The van der Waals surface area contributed by atoms with E-state index in [1.54, 1.807) is 4.68 Å². The lowest BCUT2D eigenvalue weighted by Gasteiger charge is -2.23. The molecule has 0 atom stereocenters. The highest BCUT2D eigenvalue weighted by molar-refractivity contribution is 5.33. The molecular weight excluding hydrogens is 266 g/mol. The van der Waals surface area contributed by atoms with Gasteiger partial charge in [-0.25, -0.2) is 4.68 Å². The predicted octanol–water partition coefficient (Wildman–Crippen LogP) is -0.100. The summed E-state index contributed by atoms with van der Waals surface area (Å²) in [6.07, 6.45) is 0. The first kappa shape index (κ1) is 14.1. The minimum Gasteiger partial charge on any atom is -0.370 e. The van der Waals surface area contributed by atoms with Crippen molar-refractivity contribution in [3.63, 3.8) is 0 Å². The summed E-state index contributed by atoms with van der Waals surface area (Å²) in [4.78, 5) is 14.2. The van der Waals surface area contributed by atoms with Crippen molar-refractivity contribution in [2.75, 3.05) is 26.3 Å². The van der Waals surface area contributed by atoms with Gasteiger partial charge in [-0.1, -0.05) is 18.2 Å². The quantitative estimate of drug-likeness (QED) is 0.857. The van der Waals surface area contributed by atoms with Crippen LogP contribution in [-0.4, -0.2) is 35.7 Å². The van der Waals surface area contributed by atoms with E-state index in [1.165, 1.54) is 4.90 Å². The molecule has 5 nitrogen and oxygen atoms in total. The van der Waals surface area contributed by atoms with Gasteiger partial charge in [-0.05, 0) is 19.1 Å². The van der Waals surface area contributed by atoms with Crippen LogP contribution in [0.2, 0.25) is 0 Å². The lowest BCUT2D eigenvalue weighted by molar-refractivity contribution is -0.921. The van der Waals surface area contributed by atoms with E-state index in [-0.39, 0.29) is 5.56 Å². The lowest BCUT2D eigenvalue weighted by atomic mass is 10.2. The van der Waals surface area contributed by atoms with Gasteiger partial charge in [0.15, 0.2) is 0 Å². The average Bonchev–Trinajstić information content (AvgIpc) is 2.73. The van der Waals surface area contributed by atoms with E-state index in [0.29, 0.717) is 0 Å². The molecule has 0 spiro atoms. The molecule has 2 aromatic rings. The standard InChI is InChI=1S/C16H21N3O2/c1-13-15(12-18-8-10-21-11-9-18)16(20)19(17(13)2)14-6-4-3-5-7-14/h3-7H,8-12H2,1-2H3/p+1. The highest BCUT2D eigenvalue weighted by Crippen LogP contribution is 2.09. The van der Waals surface area contributed by atoms with Crippen LogP contribution in [0.3, 0.4) is 0 Å². The molecule has 0 bridgehead atoms. The summed E-state index contributed by atoms with van der Waals surface area (Å²) >= 11 is 0. The van der Waals surface area contributed by atoms with Crippen molar-refractivity contribution in [1.29, 1.82) is 0 Å². The Bertz CT molecular complexity index is 667. The molecule has 112 valence electrons. The third-order valence-electron chi connectivity index (χ3n) is 4.30. The second kappa shape index (κ2) is 5.87. The van der Waals surface area contributed by atoms with E-state index < -0.39 is 0 Å². The molecule has 1 aromatic heterocycles. The molecule has 1 fully saturated rings. The van der Waals surface area contributed by atoms with Crippen LogP contribution in [0.1, 0.15) is 11.3 Å². The minimum atomic E-state index is 0.0974. The highest BCUT2D eigenvalue weighted by atomic mass is 16.5. The van der Waals surface area contributed by atoms with Crippen LogP contribution in [0, 0.1) is 6.92 Å². The predicted molar refractivity (Wildman–Crippen MR) is 81.0 cm³/mol. The molecule has 1 aliphatic heterocycles. The molecule has 3 rings (SSSR count). The van der Waals surface area contributed by atoms with E-state index in [0.717, 1.165) is 49.8 Å². The number of hydrogen-bond donors (Lipinski definition) is 1. The van der Waals surface area contributed by atoms with Crippen LogP contribution in [0.4, 0.5) is 0 Å². The Kier molecular flexibility index (Phi) is 3.94. The summed E-state index contributed by atoms with van der Waals surface area (Å²) < 4.78 is 9.09. The summed E-state index contributed by atoms with van der Waals surface area (Å²) in [6.45, 7) is 6.32. The first-order chi connectivity index (χ1) is 10.2. The maximum absolute atomic E-state index is 12.8. The van der Waals surface area contributed by atoms with Crippen LogP contribution < -0.4 is 10.5 Å². The highest BCUT2D eigenvalue weighted by Gasteiger charge is 2.22. The monoisotopic (exact) mass is 288 g/mol. The van der Waals surface area contributed by atoms with Gasteiger partial charge >= 0.3 is 0 Å². The van der Waals surface area contributed by atoms with Gasteiger partial charge in [0.25, 0.3) is 5.56 Å². The molecule has 21 heavy (non-hydrogen) atoms. The number of aromatic nitrogens is 2. The Morgan fingerprint density at radius 3 is 2.52 bits per heavy atom. The molecule has 2 heterocycles. The number of hydrogen-bond acceptors (Lipinski definition) is 2. The fourth-order valence-electron chi connectivity index (χ4n) is 2.91. The zero-order chi connectivity index (χ0) is 14.8. The van der Waals surface area contributed by atoms with E-state index in [4.69, 9.17) is 4.74 Å². The molecular formula is C16H22N3O2+. The van der Waals surface area contributed by atoms with Crippen LogP contribution in [0.5, 0.6) is 0 Å². The van der Waals surface area contributed by atoms with Gasteiger partial charge in [0.1, 0.15) is 19.6 Å². The Morgan fingerprint density at radius 2 is 1.86 bits per heavy atom. The molecule has 1 N–H and O–H groups in total. The zero-order valence-corrected chi connectivity index (χ0v) is 12.6. The van der Waals surface area contributed by atoms with Crippen molar-refractivity contribution in [1.82, 2.24) is 9.36 Å². The SMILES string of the molecule is Cc1c(C[NH+]2CCOCC2)c(=O)n(-c2ccccc2)n1C. The van der Waals surface area contributed by atoms with Crippen molar-refractivity contribution in [2.45, 2.75) is 13.5 Å². The Labute approximate surface area is 124 Å². The van der Waals surface area contributed by atoms with Crippen molar-refractivity contribution >= 4 is 0 Å². The number of benzene rings is 1. The van der Waals surface area contributed by atoms with Crippen LogP contribution in [0.25, 0.3) is 5.69 Å². The minimum absolute atomic E-state index is 0.0974. The Morgan fingerprint density at radius 1 is 1.19 bits per heavy atom. The topological polar surface area (TPSA) is 40.6 Å². The van der Waals surface area contributed by atoms with E-state index in [9.17, 15) is 4.79 Å². The van der Waals surface area contributed by atoms with E-state index in [1.807, 2.05) is 49.0 Å². The number of ether oxygens (including phenoxy) is 1. The van der Waals surface area contributed by atoms with Crippen molar-refractivity contribution in [2.24, 2.45) is 7.05 Å². The average molecular weight is 288 g/mol. The van der Waals surface area contributed by atoms with Gasteiger partial charge < -0.3 is 9.64 Å². The molecule has 0 amide bonds. The summed E-state index contributed by atoms with van der Waals surface area (Å²) in [7, 11) is 1.95. The van der Waals surface area contributed by atoms with Crippen LogP contribution in [0.15, 0.2) is 35.1 Å². The molecule has 1 aromatic carbocycles. The van der Waals surface area contributed by atoms with Gasteiger partial charge in [-0.15, -0.1) is 0 Å². The Balaban J connectivity index is 1.97. The summed E-state index contributed by atoms with van der Waals surface area (Å²) in [5.74, 6) is 0. The van der Waals surface area contributed by atoms with Gasteiger partial charge in [0, 0.05) is 12.7 Å². The van der Waals surface area contributed by atoms with Crippen LogP contribution in [-0.2, 0) is 18.3 Å². The Hall–Kier alpha value is -1.85. The fraction of sp³-hybridized carbons (Fsp3) is 0.438. The third kappa shape index (κ3) is 2.66. The molecule has 0 radical (unpaired) electrons. The molecule has 1 saturated heterocycles. The second-order valence-corrected chi connectivity index (χ2v) is 5.58. The van der Waals surface area contributed by atoms with Gasteiger partial charge in [0.2, 0.25) is 0 Å². The maximum Gasteiger partial charge on any atom is 0.280 e. The second-order valence-electron chi connectivity index (χ2n) is 5.58. The number of quaternary nitrogens is 1. The molecule has 0 unspecified atom stereocenters. The summed E-state index contributed by atoms with van der Waals surface area (Å²) in [5, 5.41) is 0. The number of nitrogens with zero attached hydrogens (tertiary/aromatic N) is 2. The summed E-state index contributed by atoms with van der Waals surface area (Å²) in [6, 6.07) is 9.80. The first-order valence-electron chi connectivity index (χ1n) is 7.42. The zero-order valence-electron chi connectivity index (χ0n) is 12.6. The summed E-state index contributed by atoms with van der Waals surface area (Å²) in [5.41, 5.74) is 2.97. The van der Waals surface area contributed by atoms with Gasteiger partial charge in [-0.2, -0.15) is 0 Å². The van der Waals surface area contributed by atoms with Gasteiger partial charge in [0.05, 0.1) is 24.5 Å². The van der Waals surface area contributed by atoms with Gasteiger partial charge in [-0.3, -0.25) is 9.48 Å². The third-order valence-corrected chi connectivity index (χ3v) is 4.30. The van der Waals surface area contributed by atoms with Crippen LogP contribution >= 0.6 is 0 Å². The number of morpholine rings is 1. The van der Waals surface area contributed by atoms with E-state index >= 15 is 0 Å². The number of nitrogens with one attached hydrogen (secondary N) is 1. The number of rotatable bonds is 3. The molecule has 0 aliphatic carbocycles. The largest absolute Gasteiger partial charge is 0.370 e. The van der Waals surface area contributed by atoms with Crippen molar-refractivity contribution < 1.29 is 9.64 Å². The number of para-hydroxylation sites is 1. The fourth-order valence-corrected chi connectivity index (χ4v) is 2.91. The maximum atomic E-state index is 12.8. The molecule has 5 heteroatoms. The smallest absolute Gasteiger partial charge is 0.280 e. The molecule has 1 aliphatic rings. The normalized spacial score (nSPS) is 16.3. The van der Waals surface area contributed by atoms with Crippen molar-refractivity contribution in [3.8, 4) is 5.69 Å². The first-order valence-corrected chi connectivity index (χ1v) is 7.42. The molecule has 0 saturated carbocycles.